The van der Waals surface area contributed by atoms with Gasteiger partial charge in [0, 0.05) is 24.7 Å². The van der Waals surface area contributed by atoms with Crippen LogP contribution in [0.1, 0.15) is 38.3 Å². The van der Waals surface area contributed by atoms with E-state index in [2.05, 4.69) is 24.9 Å². The van der Waals surface area contributed by atoms with Crippen LogP contribution >= 0.6 is 0 Å². The molecule has 0 aliphatic rings. The molecule has 102 valence electrons. The lowest BCUT2D eigenvalue weighted by atomic mass is 9.94. The van der Waals surface area contributed by atoms with Crippen molar-refractivity contribution in [3.05, 3.63) is 42.1 Å². The van der Waals surface area contributed by atoms with Gasteiger partial charge in [0.1, 0.15) is 0 Å². The largest absolute Gasteiger partial charge is 0.379 e. The number of nitrogens with zero attached hydrogens (tertiary/aromatic N) is 1. The second-order valence-electron chi connectivity index (χ2n) is 5.53. The lowest BCUT2D eigenvalue weighted by molar-refractivity contribution is 0.0125. The molecule has 0 saturated heterocycles. The smallest absolute Gasteiger partial charge is 0.0705 e. The van der Waals surface area contributed by atoms with Crippen LogP contribution in [0.15, 0.2) is 36.5 Å². The summed E-state index contributed by atoms with van der Waals surface area (Å²) in [7, 11) is 1.74. The van der Waals surface area contributed by atoms with Gasteiger partial charge in [-0.05, 0) is 44.4 Å². The molecular formula is C16H22N2O. The Balaban J connectivity index is 2.20. The maximum atomic E-state index is 6.34. The van der Waals surface area contributed by atoms with Gasteiger partial charge >= 0.3 is 0 Å². The van der Waals surface area contributed by atoms with E-state index in [1.165, 1.54) is 0 Å². The summed E-state index contributed by atoms with van der Waals surface area (Å²) in [6.45, 7) is 4.18. The standard InChI is InChI=1S/C16H22N2O/c1-16(2,19-3)10-8-14(17)12-9-11-18-15-7-5-4-6-13(12)15/h4-7,9,11,14H,8,10,17H2,1-3H3. The zero-order valence-corrected chi connectivity index (χ0v) is 11.9. The summed E-state index contributed by atoms with van der Waals surface area (Å²) in [6, 6.07) is 10.2. The summed E-state index contributed by atoms with van der Waals surface area (Å²) < 4.78 is 5.44. The summed E-state index contributed by atoms with van der Waals surface area (Å²) in [4.78, 5) is 4.37. The molecule has 1 aromatic carbocycles. The molecule has 1 atom stereocenters. The highest BCUT2D eigenvalue weighted by Crippen LogP contribution is 2.27. The number of hydrogen-bond acceptors (Lipinski definition) is 3. The van der Waals surface area contributed by atoms with E-state index < -0.39 is 0 Å². The highest BCUT2D eigenvalue weighted by atomic mass is 16.5. The van der Waals surface area contributed by atoms with Crippen molar-refractivity contribution in [2.45, 2.75) is 38.3 Å². The lowest BCUT2D eigenvalue weighted by Gasteiger charge is -2.25. The van der Waals surface area contributed by atoms with Crippen LogP contribution < -0.4 is 5.73 Å². The van der Waals surface area contributed by atoms with Crippen molar-refractivity contribution in [2.75, 3.05) is 7.11 Å². The molecular weight excluding hydrogens is 236 g/mol. The van der Waals surface area contributed by atoms with E-state index in [1.807, 2.05) is 30.5 Å². The minimum absolute atomic E-state index is 0.0160. The van der Waals surface area contributed by atoms with Gasteiger partial charge in [-0.1, -0.05) is 18.2 Å². The first kappa shape index (κ1) is 14.0. The number of pyridine rings is 1. The van der Waals surface area contributed by atoms with Gasteiger partial charge < -0.3 is 10.5 Å². The molecule has 0 saturated carbocycles. The predicted octanol–water partition coefficient (Wildman–Crippen LogP) is 3.44. The summed E-state index contributed by atoms with van der Waals surface area (Å²) in [5.41, 5.74) is 8.38. The Morgan fingerprint density at radius 3 is 2.74 bits per heavy atom. The first-order chi connectivity index (χ1) is 9.03. The molecule has 0 aliphatic heterocycles. The van der Waals surface area contributed by atoms with Crippen molar-refractivity contribution in [3.8, 4) is 0 Å². The molecule has 0 fully saturated rings. The van der Waals surface area contributed by atoms with Gasteiger partial charge in [0.25, 0.3) is 0 Å². The average Bonchev–Trinajstić information content (AvgIpc) is 2.44. The van der Waals surface area contributed by atoms with E-state index in [0.29, 0.717) is 0 Å². The average molecular weight is 258 g/mol. The number of nitrogens with two attached hydrogens (primary N) is 1. The molecule has 2 rings (SSSR count). The number of fused-ring (bicyclic) bond motifs is 1. The fraction of sp³-hybridized carbons (Fsp3) is 0.438. The molecule has 0 radical (unpaired) electrons. The molecule has 1 unspecified atom stereocenters. The van der Waals surface area contributed by atoms with Crippen LogP contribution in [-0.4, -0.2) is 17.7 Å². The quantitative estimate of drug-likeness (QED) is 0.893. The molecule has 2 aromatic rings. The molecule has 19 heavy (non-hydrogen) atoms. The zero-order chi connectivity index (χ0) is 13.9. The van der Waals surface area contributed by atoms with Crippen molar-refractivity contribution in [1.82, 2.24) is 4.98 Å². The highest BCUT2D eigenvalue weighted by Gasteiger charge is 2.19. The van der Waals surface area contributed by atoms with E-state index in [4.69, 9.17) is 10.5 Å². The minimum Gasteiger partial charge on any atom is -0.379 e. The molecule has 1 aromatic heterocycles. The van der Waals surface area contributed by atoms with E-state index in [0.717, 1.165) is 29.3 Å². The Bertz CT molecular complexity index is 546. The van der Waals surface area contributed by atoms with E-state index in [1.54, 1.807) is 7.11 Å². The number of ether oxygens (including phenoxy) is 1. The van der Waals surface area contributed by atoms with Crippen molar-refractivity contribution in [3.63, 3.8) is 0 Å². The fourth-order valence-corrected chi connectivity index (χ4v) is 2.20. The Kier molecular flexibility index (Phi) is 4.17. The number of methoxy groups -OCH3 is 1. The van der Waals surface area contributed by atoms with Crippen LogP contribution in [0, 0.1) is 0 Å². The molecule has 1 heterocycles. The maximum absolute atomic E-state index is 6.34. The minimum atomic E-state index is -0.125. The summed E-state index contributed by atoms with van der Waals surface area (Å²) >= 11 is 0. The molecule has 0 bridgehead atoms. The van der Waals surface area contributed by atoms with Crippen LogP contribution in [0.2, 0.25) is 0 Å². The van der Waals surface area contributed by atoms with Crippen LogP contribution in [0.4, 0.5) is 0 Å². The van der Waals surface area contributed by atoms with Crippen LogP contribution in [-0.2, 0) is 4.74 Å². The third kappa shape index (κ3) is 3.31. The molecule has 2 N–H and O–H groups in total. The highest BCUT2D eigenvalue weighted by molar-refractivity contribution is 5.82. The molecule has 0 aliphatic carbocycles. The van der Waals surface area contributed by atoms with E-state index >= 15 is 0 Å². The summed E-state index contributed by atoms with van der Waals surface area (Å²) in [5.74, 6) is 0. The third-order valence-electron chi connectivity index (χ3n) is 3.69. The third-order valence-corrected chi connectivity index (χ3v) is 3.69. The fourth-order valence-electron chi connectivity index (χ4n) is 2.20. The second-order valence-corrected chi connectivity index (χ2v) is 5.53. The van der Waals surface area contributed by atoms with Gasteiger partial charge in [-0.3, -0.25) is 4.98 Å². The van der Waals surface area contributed by atoms with Gasteiger partial charge in [0.2, 0.25) is 0 Å². The lowest BCUT2D eigenvalue weighted by Crippen LogP contribution is -2.24. The van der Waals surface area contributed by atoms with Crippen molar-refractivity contribution >= 4 is 10.9 Å². The molecule has 3 heteroatoms. The van der Waals surface area contributed by atoms with Gasteiger partial charge in [-0.2, -0.15) is 0 Å². The number of hydrogen-bond donors (Lipinski definition) is 1. The zero-order valence-electron chi connectivity index (χ0n) is 11.9. The Hall–Kier alpha value is -1.45. The van der Waals surface area contributed by atoms with Crippen molar-refractivity contribution in [2.24, 2.45) is 5.73 Å². The van der Waals surface area contributed by atoms with Crippen LogP contribution in [0.3, 0.4) is 0 Å². The predicted molar refractivity (Wildman–Crippen MR) is 79.0 cm³/mol. The number of rotatable bonds is 5. The summed E-state index contributed by atoms with van der Waals surface area (Å²) in [5, 5.41) is 1.15. The first-order valence-corrected chi connectivity index (χ1v) is 6.68. The molecule has 0 spiro atoms. The molecule has 3 nitrogen and oxygen atoms in total. The SMILES string of the molecule is COC(C)(C)CCC(N)c1ccnc2ccccc12. The monoisotopic (exact) mass is 258 g/mol. The normalized spacial score (nSPS) is 13.7. The topological polar surface area (TPSA) is 48.1 Å². The van der Waals surface area contributed by atoms with Crippen molar-refractivity contribution < 1.29 is 4.74 Å². The van der Waals surface area contributed by atoms with Gasteiger partial charge in [-0.25, -0.2) is 0 Å². The van der Waals surface area contributed by atoms with Gasteiger partial charge in [0.05, 0.1) is 11.1 Å². The van der Waals surface area contributed by atoms with Crippen molar-refractivity contribution in [1.29, 1.82) is 0 Å². The van der Waals surface area contributed by atoms with Crippen LogP contribution in [0.25, 0.3) is 10.9 Å². The Labute approximate surface area is 114 Å². The Morgan fingerprint density at radius 1 is 1.26 bits per heavy atom. The maximum Gasteiger partial charge on any atom is 0.0705 e. The second kappa shape index (κ2) is 5.68. The van der Waals surface area contributed by atoms with E-state index in [9.17, 15) is 0 Å². The summed E-state index contributed by atoms with van der Waals surface area (Å²) in [6.07, 6.45) is 3.66. The Morgan fingerprint density at radius 2 is 2.00 bits per heavy atom. The number of para-hydroxylation sites is 1. The number of aromatic nitrogens is 1. The number of benzene rings is 1. The molecule has 0 amide bonds. The van der Waals surface area contributed by atoms with Gasteiger partial charge in [0.15, 0.2) is 0 Å². The first-order valence-electron chi connectivity index (χ1n) is 6.68. The van der Waals surface area contributed by atoms with Crippen LogP contribution in [0.5, 0.6) is 0 Å². The van der Waals surface area contributed by atoms with Gasteiger partial charge in [-0.15, -0.1) is 0 Å². The van der Waals surface area contributed by atoms with E-state index in [-0.39, 0.29) is 11.6 Å².